The third-order valence-corrected chi connectivity index (χ3v) is 6.04. The number of carbonyl (C=O) groups is 3. The van der Waals surface area contributed by atoms with E-state index in [0.717, 1.165) is 0 Å². The van der Waals surface area contributed by atoms with E-state index in [1.165, 1.54) is 18.7 Å². The van der Waals surface area contributed by atoms with Crippen molar-refractivity contribution in [1.29, 1.82) is 0 Å². The van der Waals surface area contributed by atoms with Crippen molar-refractivity contribution in [3.05, 3.63) is 16.3 Å². The van der Waals surface area contributed by atoms with Gasteiger partial charge < -0.3 is 15.5 Å². The largest absolute Gasteiger partial charge is 0.355 e. The van der Waals surface area contributed by atoms with Crippen LogP contribution in [0, 0.1) is 10.7 Å². The molecule has 0 aromatic heterocycles. The zero-order valence-corrected chi connectivity index (χ0v) is 18.8. The maximum absolute atomic E-state index is 12.2. The van der Waals surface area contributed by atoms with E-state index in [-0.39, 0.29) is 17.7 Å². The van der Waals surface area contributed by atoms with Gasteiger partial charge in [0.05, 0.1) is 27.6 Å². The first-order valence-corrected chi connectivity index (χ1v) is 9.31. The molecule has 0 fully saturated rings. The first-order valence-electron chi connectivity index (χ1n) is 6.07. The summed E-state index contributed by atoms with van der Waals surface area (Å²) in [6.45, 7) is 2.85. The summed E-state index contributed by atoms with van der Waals surface area (Å²) in [5, 5.41) is 5.34. The molecule has 0 aliphatic rings. The Kier molecular flexibility index (Phi) is 7.29. The lowest BCUT2D eigenvalue weighted by molar-refractivity contribution is -0.116. The maximum Gasteiger partial charge on any atom is 0.253 e. The van der Waals surface area contributed by atoms with Crippen LogP contribution >= 0.6 is 67.8 Å². The molecule has 0 aliphatic carbocycles. The molecule has 0 unspecified atom stereocenters. The predicted molar refractivity (Wildman–Crippen MR) is 111 cm³/mol. The second-order valence-corrected chi connectivity index (χ2v) is 7.62. The molecule has 0 saturated heterocycles. The van der Waals surface area contributed by atoms with Gasteiger partial charge in [-0.2, -0.15) is 0 Å². The maximum atomic E-state index is 12.2. The molecule has 0 bridgehead atoms. The van der Waals surface area contributed by atoms with Gasteiger partial charge in [0.15, 0.2) is 0 Å². The number of nitrogens with zero attached hydrogens (tertiary/aromatic N) is 1. The Balaban J connectivity index is 3.80. The normalized spacial score (nSPS) is 10.1. The Morgan fingerprint density at radius 3 is 1.95 bits per heavy atom. The standard InChI is InChI=1S/C13H14I3N3O3/c1-5(20)18-11-8(14)7(13(22)17-3)9(15)12(10(11)16)19(4)6(2)21/h1-4H3,(H,17,22)(H,18,20). The Hall–Kier alpha value is -0.180. The second-order valence-electron chi connectivity index (χ2n) is 4.38. The lowest BCUT2D eigenvalue weighted by atomic mass is 10.1. The SMILES string of the molecule is CNC(=O)c1c(I)c(NC(C)=O)c(I)c(N(C)C(C)=O)c1I. The number of halogens is 3. The van der Waals surface area contributed by atoms with Gasteiger partial charge in [0, 0.05) is 27.9 Å². The third-order valence-electron chi connectivity index (χ3n) is 2.86. The summed E-state index contributed by atoms with van der Waals surface area (Å²) in [6.07, 6.45) is 0. The average Bonchev–Trinajstić information content (AvgIpc) is 2.42. The minimum atomic E-state index is -0.269. The summed E-state index contributed by atoms with van der Waals surface area (Å²) < 4.78 is 2.02. The Morgan fingerprint density at radius 1 is 1.00 bits per heavy atom. The molecule has 0 spiro atoms. The van der Waals surface area contributed by atoms with E-state index in [0.29, 0.717) is 27.6 Å². The Bertz CT molecular complexity index is 662. The fourth-order valence-electron chi connectivity index (χ4n) is 1.71. The van der Waals surface area contributed by atoms with Crippen LogP contribution < -0.4 is 15.5 Å². The number of hydrogen-bond acceptors (Lipinski definition) is 3. The van der Waals surface area contributed by atoms with Gasteiger partial charge >= 0.3 is 0 Å². The van der Waals surface area contributed by atoms with Crippen LogP contribution in [0.5, 0.6) is 0 Å². The van der Waals surface area contributed by atoms with E-state index < -0.39 is 0 Å². The zero-order valence-electron chi connectivity index (χ0n) is 12.3. The molecule has 1 rings (SSSR count). The van der Waals surface area contributed by atoms with Crippen molar-refractivity contribution < 1.29 is 14.4 Å². The number of benzene rings is 1. The summed E-state index contributed by atoms with van der Waals surface area (Å²) in [5.74, 6) is -0.667. The number of hydrogen-bond donors (Lipinski definition) is 2. The van der Waals surface area contributed by atoms with Gasteiger partial charge in [-0.15, -0.1) is 0 Å². The number of rotatable bonds is 3. The van der Waals surface area contributed by atoms with Crippen molar-refractivity contribution in [2.45, 2.75) is 13.8 Å². The van der Waals surface area contributed by atoms with E-state index >= 15 is 0 Å². The van der Waals surface area contributed by atoms with Crippen LogP contribution in [0.2, 0.25) is 0 Å². The molecule has 0 heterocycles. The molecule has 22 heavy (non-hydrogen) atoms. The van der Waals surface area contributed by atoms with Crippen molar-refractivity contribution in [1.82, 2.24) is 5.32 Å². The van der Waals surface area contributed by atoms with Crippen molar-refractivity contribution in [3.63, 3.8) is 0 Å². The van der Waals surface area contributed by atoms with Gasteiger partial charge in [0.25, 0.3) is 5.91 Å². The summed E-state index contributed by atoms with van der Waals surface area (Å²) in [4.78, 5) is 36.9. The van der Waals surface area contributed by atoms with Crippen LogP contribution in [0.15, 0.2) is 0 Å². The van der Waals surface area contributed by atoms with E-state index in [4.69, 9.17) is 0 Å². The third kappa shape index (κ3) is 4.01. The number of amides is 3. The zero-order chi connectivity index (χ0) is 17.2. The molecular weight excluding hydrogens is 627 g/mol. The highest BCUT2D eigenvalue weighted by Gasteiger charge is 2.27. The summed E-state index contributed by atoms with van der Waals surface area (Å²) in [7, 11) is 3.18. The molecule has 0 atom stereocenters. The summed E-state index contributed by atoms with van der Waals surface area (Å²) in [5.41, 5.74) is 1.59. The lowest BCUT2D eigenvalue weighted by Gasteiger charge is -2.24. The molecule has 9 heteroatoms. The van der Waals surface area contributed by atoms with Gasteiger partial charge in [0.1, 0.15) is 0 Å². The highest BCUT2D eigenvalue weighted by atomic mass is 127. The van der Waals surface area contributed by atoms with E-state index in [2.05, 4.69) is 55.8 Å². The van der Waals surface area contributed by atoms with Gasteiger partial charge in [-0.3, -0.25) is 14.4 Å². The van der Waals surface area contributed by atoms with Crippen molar-refractivity contribution >= 4 is 96.9 Å². The monoisotopic (exact) mass is 641 g/mol. The van der Waals surface area contributed by atoms with Crippen LogP contribution in [0.1, 0.15) is 24.2 Å². The minimum Gasteiger partial charge on any atom is -0.355 e. The molecule has 2 N–H and O–H groups in total. The Labute approximate surface area is 169 Å². The predicted octanol–water partition coefficient (Wildman–Crippen LogP) is 2.80. The van der Waals surface area contributed by atoms with Crippen molar-refractivity contribution in [2.24, 2.45) is 0 Å². The molecule has 1 aromatic carbocycles. The first-order chi connectivity index (χ1) is 10.1. The molecule has 1 aromatic rings. The van der Waals surface area contributed by atoms with Gasteiger partial charge in [-0.1, -0.05) is 0 Å². The fourth-order valence-corrected chi connectivity index (χ4v) is 6.36. The van der Waals surface area contributed by atoms with Crippen molar-refractivity contribution in [3.8, 4) is 0 Å². The van der Waals surface area contributed by atoms with Gasteiger partial charge in [-0.05, 0) is 67.8 Å². The van der Waals surface area contributed by atoms with Crippen LogP contribution in [0.4, 0.5) is 11.4 Å². The van der Waals surface area contributed by atoms with Gasteiger partial charge in [-0.25, -0.2) is 0 Å². The van der Waals surface area contributed by atoms with Crippen molar-refractivity contribution in [2.75, 3.05) is 24.3 Å². The number of nitrogens with one attached hydrogen (secondary N) is 2. The van der Waals surface area contributed by atoms with Crippen LogP contribution in [0.3, 0.4) is 0 Å². The molecule has 120 valence electrons. The smallest absolute Gasteiger partial charge is 0.253 e. The minimum absolute atomic E-state index is 0.159. The van der Waals surface area contributed by atoms with Crippen LogP contribution in [0.25, 0.3) is 0 Å². The number of carbonyl (C=O) groups excluding carboxylic acids is 3. The van der Waals surface area contributed by atoms with E-state index in [9.17, 15) is 14.4 Å². The first kappa shape index (κ1) is 19.9. The van der Waals surface area contributed by atoms with Crippen LogP contribution in [-0.4, -0.2) is 31.8 Å². The molecule has 0 saturated carbocycles. The second kappa shape index (κ2) is 8.08. The fraction of sp³-hybridized carbons (Fsp3) is 0.308. The van der Waals surface area contributed by atoms with Crippen LogP contribution in [-0.2, 0) is 9.59 Å². The Morgan fingerprint density at radius 2 is 1.55 bits per heavy atom. The van der Waals surface area contributed by atoms with Gasteiger partial charge in [0.2, 0.25) is 11.8 Å². The topological polar surface area (TPSA) is 78.5 Å². The quantitative estimate of drug-likeness (QED) is 0.499. The molecule has 6 nitrogen and oxygen atoms in total. The molecule has 0 aliphatic heterocycles. The highest BCUT2D eigenvalue weighted by molar-refractivity contribution is 14.1. The summed E-state index contributed by atoms with van der Waals surface area (Å²) >= 11 is 6.16. The lowest BCUT2D eigenvalue weighted by Crippen LogP contribution is -2.29. The molecule has 3 amide bonds. The van der Waals surface area contributed by atoms with E-state index in [1.54, 1.807) is 14.1 Å². The average molecular weight is 641 g/mol. The van der Waals surface area contributed by atoms with E-state index in [1.807, 2.05) is 22.6 Å². The highest BCUT2D eigenvalue weighted by Crippen LogP contribution is 2.40. The molecule has 0 radical (unpaired) electrons. The number of anilines is 2. The molecular formula is C13H14I3N3O3. The summed E-state index contributed by atoms with van der Waals surface area (Å²) in [6, 6.07) is 0.